The molecule has 0 amide bonds. The zero-order valence-electron chi connectivity index (χ0n) is 16.5. The van der Waals surface area contributed by atoms with Gasteiger partial charge in [0.15, 0.2) is 5.96 Å². The Labute approximate surface area is 158 Å². The van der Waals surface area contributed by atoms with Gasteiger partial charge in [-0.05, 0) is 11.5 Å². The molecule has 2 atom stereocenters. The standard InChI is InChI=1S/C21H34N4O/c1-4-17(5-2)13-23-21(22-3)25-15-19-20(16-25)26-12-11-24(19)14-18-9-7-6-8-10-18/h6-10,17,19-20H,4-5,11-16H2,1-3H3,(H,22,23). The van der Waals surface area contributed by atoms with Crippen LogP contribution in [0.1, 0.15) is 32.3 Å². The number of benzene rings is 1. The lowest BCUT2D eigenvalue weighted by Gasteiger charge is -2.36. The predicted octanol–water partition coefficient (Wildman–Crippen LogP) is 2.58. The summed E-state index contributed by atoms with van der Waals surface area (Å²) in [6, 6.07) is 11.2. The van der Waals surface area contributed by atoms with Crippen molar-refractivity contribution in [3.63, 3.8) is 0 Å². The summed E-state index contributed by atoms with van der Waals surface area (Å²) in [6.45, 7) is 10.3. The number of nitrogens with one attached hydrogen (secondary N) is 1. The van der Waals surface area contributed by atoms with Crippen molar-refractivity contribution >= 4 is 5.96 Å². The number of ether oxygens (including phenoxy) is 1. The van der Waals surface area contributed by atoms with Crippen molar-refractivity contribution < 1.29 is 4.74 Å². The zero-order chi connectivity index (χ0) is 18.4. The van der Waals surface area contributed by atoms with Gasteiger partial charge in [-0.2, -0.15) is 0 Å². The SMILES string of the molecule is CCC(CC)CNC(=NC)N1CC2OCCN(Cc3ccccc3)C2C1. The lowest BCUT2D eigenvalue weighted by molar-refractivity contribution is -0.0502. The lowest BCUT2D eigenvalue weighted by atomic mass is 10.0. The van der Waals surface area contributed by atoms with Gasteiger partial charge in [0.05, 0.1) is 18.8 Å². The van der Waals surface area contributed by atoms with Crippen LogP contribution in [0.25, 0.3) is 0 Å². The Morgan fingerprint density at radius 1 is 1.23 bits per heavy atom. The first-order valence-corrected chi connectivity index (χ1v) is 10.1. The first-order chi connectivity index (χ1) is 12.7. The van der Waals surface area contributed by atoms with Crippen molar-refractivity contribution in [2.24, 2.45) is 10.9 Å². The Hall–Kier alpha value is -1.59. The molecule has 1 aromatic rings. The van der Waals surface area contributed by atoms with Crippen LogP contribution in [0.3, 0.4) is 0 Å². The Bertz CT molecular complexity index is 573. The van der Waals surface area contributed by atoms with E-state index in [1.807, 2.05) is 7.05 Å². The zero-order valence-corrected chi connectivity index (χ0v) is 16.5. The molecule has 2 heterocycles. The van der Waals surface area contributed by atoms with Crippen LogP contribution in [0.5, 0.6) is 0 Å². The van der Waals surface area contributed by atoms with E-state index in [0.717, 1.165) is 45.3 Å². The summed E-state index contributed by atoms with van der Waals surface area (Å²) >= 11 is 0. The van der Waals surface area contributed by atoms with Crippen molar-refractivity contribution in [1.82, 2.24) is 15.1 Å². The summed E-state index contributed by atoms with van der Waals surface area (Å²) in [5, 5.41) is 3.59. The van der Waals surface area contributed by atoms with Gasteiger partial charge in [-0.25, -0.2) is 0 Å². The first-order valence-electron chi connectivity index (χ1n) is 10.1. The molecular formula is C21H34N4O. The molecule has 5 heteroatoms. The van der Waals surface area contributed by atoms with Crippen molar-refractivity contribution in [2.45, 2.75) is 45.4 Å². The fraction of sp³-hybridized carbons (Fsp3) is 0.667. The quantitative estimate of drug-likeness (QED) is 0.627. The number of fused-ring (bicyclic) bond motifs is 1. The number of hydrogen-bond acceptors (Lipinski definition) is 3. The summed E-state index contributed by atoms with van der Waals surface area (Å²) in [5.74, 6) is 1.73. The molecule has 2 fully saturated rings. The van der Waals surface area contributed by atoms with Gasteiger partial charge in [-0.15, -0.1) is 0 Å². The van der Waals surface area contributed by atoms with Gasteiger partial charge in [-0.1, -0.05) is 57.0 Å². The summed E-state index contributed by atoms with van der Waals surface area (Å²) in [4.78, 5) is 9.49. The smallest absolute Gasteiger partial charge is 0.193 e. The third-order valence-corrected chi connectivity index (χ3v) is 5.86. The maximum absolute atomic E-state index is 6.10. The van der Waals surface area contributed by atoms with Crippen LogP contribution in [0.4, 0.5) is 0 Å². The molecule has 0 aromatic heterocycles. The highest BCUT2D eigenvalue weighted by Crippen LogP contribution is 2.24. The second-order valence-corrected chi connectivity index (χ2v) is 7.45. The van der Waals surface area contributed by atoms with Crippen LogP contribution < -0.4 is 5.32 Å². The molecular weight excluding hydrogens is 324 g/mol. The number of rotatable bonds is 6. The lowest BCUT2D eigenvalue weighted by Crippen LogP contribution is -2.50. The highest BCUT2D eigenvalue weighted by molar-refractivity contribution is 5.80. The van der Waals surface area contributed by atoms with Gasteiger partial charge in [0.25, 0.3) is 0 Å². The minimum atomic E-state index is 0.277. The van der Waals surface area contributed by atoms with E-state index in [2.05, 4.69) is 64.3 Å². The Morgan fingerprint density at radius 3 is 2.69 bits per heavy atom. The van der Waals surface area contributed by atoms with Crippen LogP contribution in [-0.4, -0.2) is 67.7 Å². The van der Waals surface area contributed by atoms with Gasteiger partial charge in [0.1, 0.15) is 0 Å². The molecule has 0 radical (unpaired) electrons. The molecule has 0 saturated carbocycles. The van der Waals surface area contributed by atoms with Gasteiger partial charge in [0.2, 0.25) is 0 Å². The largest absolute Gasteiger partial charge is 0.373 e. The molecule has 0 bridgehead atoms. The molecule has 144 valence electrons. The summed E-state index contributed by atoms with van der Waals surface area (Å²) < 4.78 is 6.10. The number of nitrogens with zero attached hydrogens (tertiary/aromatic N) is 3. The van der Waals surface area contributed by atoms with Gasteiger partial charge in [-0.3, -0.25) is 9.89 Å². The fourth-order valence-corrected chi connectivity index (χ4v) is 4.09. The molecule has 3 rings (SSSR count). The number of morpholine rings is 1. The fourth-order valence-electron chi connectivity index (χ4n) is 4.09. The van der Waals surface area contributed by atoms with Crippen LogP contribution in [0, 0.1) is 5.92 Å². The molecule has 2 aliphatic heterocycles. The van der Waals surface area contributed by atoms with Crippen molar-refractivity contribution in [2.75, 3.05) is 39.8 Å². The topological polar surface area (TPSA) is 40.1 Å². The Kier molecular flexibility index (Phi) is 6.92. The summed E-state index contributed by atoms with van der Waals surface area (Å²) in [7, 11) is 1.89. The van der Waals surface area contributed by atoms with Gasteiger partial charge < -0.3 is 15.0 Å². The van der Waals surface area contributed by atoms with E-state index in [4.69, 9.17) is 4.74 Å². The van der Waals surface area contributed by atoms with E-state index in [1.165, 1.54) is 18.4 Å². The highest BCUT2D eigenvalue weighted by Gasteiger charge is 2.41. The van der Waals surface area contributed by atoms with Crippen molar-refractivity contribution in [1.29, 1.82) is 0 Å². The number of aliphatic imine (C=N–C) groups is 1. The van der Waals surface area contributed by atoms with E-state index in [9.17, 15) is 0 Å². The van der Waals surface area contributed by atoms with Crippen molar-refractivity contribution in [3.05, 3.63) is 35.9 Å². The molecule has 2 saturated heterocycles. The number of likely N-dealkylation sites (tertiary alicyclic amines) is 1. The minimum Gasteiger partial charge on any atom is -0.373 e. The Morgan fingerprint density at radius 2 is 2.00 bits per heavy atom. The Balaban J connectivity index is 1.60. The second kappa shape index (κ2) is 9.38. The predicted molar refractivity (Wildman–Crippen MR) is 107 cm³/mol. The average molecular weight is 359 g/mol. The molecule has 2 aliphatic rings. The van der Waals surface area contributed by atoms with Gasteiger partial charge in [0, 0.05) is 39.8 Å². The molecule has 1 N–H and O–H groups in total. The molecule has 26 heavy (non-hydrogen) atoms. The van der Waals surface area contributed by atoms with Crippen LogP contribution >= 0.6 is 0 Å². The minimum absolute atomic E-state index is 0.277. The van der Waals surface area contributed by atoms with E-state index < -0.39 is 0 Å². The highest BCUT2D eigenvalue weighted by atomic mass is 16.5. The average Bonchev–Trinajstić information content (AvgIpc) is 3.11. The second-order valence-electron chi connectivity index (χ2n) is 7.45. The summed E-state index contributed by atoms with van der Waals surface area (Å²) in [5.41, 5.74) is 1.38. The maximum Gasteiger partial charge on any atom is 0.193 e. The van der Waals surface area contributed by atoms with E-state index in [1.54, 1.807) is 0 Å². The van der Waals surface area contributed by atoms with Crippen molar-refractivity contribution in [3.8, 4) is 0 Å². The third-order valence-electron chi connectivity index (χ3n) is 5.86. The molecule has 5 nitrogen and oxygen atoms in total. The van der Waals surface area contributed by atoms with Crippen LogP contribution in [-0.2, 0) is 11.3 Å². The molecule has 2 unspecified atom stereocenters. The number of guanidine groups is 1. The van der Waals surface area contributed by atoms with Crippen LogP contribution in [0.15, 0.2) is 35.3 Å². The van der Waals surface area contributed by atoms with Crippen LogP contribution in [0.2, 0.25) is 0 Å². The summed E-state index contributed by atoms with van der Waals surface area (Å²) in [6.07, 6.45) is 2.69. The maximum atomic E-state index is 6.10. The normalized spacial score (nSPS) is 24.2. The monoisotopic (exact) mass is 358 g/mol. The molecule has 1 aromatic carbocycles. The number of hydrogen-bond donors (Lipinski definition) is 1. The molecule has 0 aliphatic carbocycles. The van der Waals surface area contributed by atoms with E-state index in [0.29, 0.717) is 12.0 Å². The molecule has 0 spiro atoms. The van der Waals surface area contributed by atoms with E-state index in [-0.39, 0.29) is 6.10 Å². The third kappa shape index (κ3) is 4.57. The van der Waals surface area contributed by atoms with E-state index >= 15 is 0 Å². The first kappa shape index (κ1) is 19.2. The van der Waals surface area contributed by atoms with Gasteiger partial charge >= 0.3 is 0 Å².